The lowest BCUT2D eigenvalue weighted by atomic mass is 10.2. The predicted octanol–water partition coefficient (Wildman–Crippen LogP) is 2.49. The van der Waals surface area contributed by atoms with Gasteiger partial charge in [0, 0.05) is 37.4 Å². The smallest absolute Gasteiger partial charge is 0.125 e. The first-order chi connectivity index (χ1) is 9.29. The van der Waals surface area contributed by atoms with Gasteiger partial charge in [-0.15, -0.1) is 0 Å². The molecule has 0 fully saturated rings. The summed E-state index contributed by atoms with van der Waals surface area (Å²) in [5.41, 5.74) is 0.969. The summed E-state index contributed by atoms with van der Waals surface area (Å²) in [7, 11) is 1.68. The molecule has 0 aliphatic rings. The molecule has 0 aliphatic heterocycles. The van der Waals surface area contributed by atoms with E-state index in [1.165, 1.54) is 0 Å². The quantitative estimate of drug-likeness (QED) is 0.671. The van der Waals surface area contributed by atoms with Crippen LogP contribution in [-0.4, -0.2) is 40.1 Å². The van der Waals surface area contributed by atoms with Crippen molar-refractivity contribution < 1.29 is 14.2 Å². The monoisotopic (exact) mass is 287 g/mol. The van der Waals surface area contributed by atoms with Gasteiger partial charge < -0.3 is 19.5 Å². The second kappa shape index (κ2) is 10.0. The lowest BCUT2D eigenvalue weighted by Gasteiger charge is -2.13. The van der Waals surface area contributed by atoms with Crippen molar-refractivity contribution in [1.82, 2.24) is 5.32 Å². The van der Waals surface area contributed by atoms with E-state index >= 15 is 0 Å². The van der Waals surface area contributed by atoms with Gasteiger partial charge in [-0.25, -0.2) is 0 Å². The molecule has 0 saturated carbocycles. The summed E-state index contributed by atoms with van der Waals surface area (Å²) in [4.78, 5) is 0. The SMILES string of the molecule is CCOCCOc1cccc(Cl)c1CNCCOC. The topological polar surface area (TPSA) is 39.7 Å². The van der Waals surface area contributed by atoms with Gasteiger partial charge in [0.2, 0.25) is 0 Å². The molecule has 0 bridgehead atoms. The number of halogens is 1. The highest BCUT2D eigenvalue weighted by Gasteiger charge is 2.07. The van der Waals surface area contributed by atoms with Crippen LogP contribution in [0.5, 0.6) is 5.75 Å². The molecule has 0 atom stereocenters. The number of nitrogens with one attached hydrogen (secondary N) is 1. The molecule has 0 radical (unpaired) electrons. The third kappa shape index (κ3) is 6.25. The van der Waals surface area contributed by atoms with Gasteiger partial charge in [-0.3, -0.25) is 0 Å². The van der Waals surface area contributed by atoms with E-state index in [1.54, 1.807) is 7.11 Å². The van der Waals surface area contributed by atoms with Crippen molar-refractivity contribution in [3.8, 4) is 5.75 Å². The summed E-state index contributed by atoms with van der Waals surface area (Å²) < 4.78 is 15.9. The van der Waals surface area contributed by atoms with Gasteiger partial charge in [0.1, 0.15) is 12.4 Å². The van der Waals surface area contributed by atoms with Crippen molar-refractivity contribution in [2.45, 2.75) is 13.5 Å². The highest BCUT2D eigenvalue weighted by Crippen LogP contribution is 2.26. The van der Waals surface area contributed by atoms with Crippen LogP contribution in [0.1, 0.15) is 12.5 Å². The predicted molar refractivity (Wildman–Crippen MR) is 77.0 cm³/mol. The molecule has 0 spiro atoms. The summed E-state index contributed by atoms with van der Waals surface area (Å²) >= 11 is 6.20. The van der Waals surface area contributed by atoms with Crippen LogP contribution in [0.3, 0.4) is 0 Å². The van der Waals surface area contributed by atoms with Gasteiger partial charge in [-0.05, 0) is 19.1 Å². The number of benzene rings is 1. The van der Waals surface area contributed by atoms with E-state index in [9.17, 15) is 0 Å². The minimum atomic E-state index is 0.527. The van der Waals surface area contributed by atoms with Crippen LogP contribution in [0.15, 0.2) is 18.2 Å². The lowest BCUT2D eigenvalue weighted by molar-refractivity contribution is 0.110. The average Bonchev–Trinajstić information content (AvgIpc) is 2.42. The van der Waals surface area contributed by atoms with Gasteiger partial charge in [0.15, 0.2) is 0 Å². The number of methoxy groups -OCH3 is 1. The fraction of sp³-hybridized carbons (Fsp3) is 0.571. The van der Waals surface area contributed by atoms with Crippen molar-refractivity contribution in [3.63, 3.8) is 0 Å². The van der Waals surface area contributed by atoms with Gasteiger partial charge >= 0.3 is 0 Å². The minimum Gasteiger partial charge on any atom is -0.491 e. The van der Waals surface area contributed by atoms with Crippen molar-refractivity contribution in [3.05, 3.63) is 28.8 Å². The van der Waals surface area contributed by atoms with Crippen LogP contribution < -0.4 is 10.1 Å². The third-order valence-electron chi connectivity index (χ3n) is 2.55. The molecule has 0 aromatic heterocycles. The zero-order valence-corrected chi connectivity index (χ0v) is 12.3. The fourth-order valence-corrected chi connectivity index (χ4v) is 1.82. The number of ether oxygens (including phenoxy) is 3. The molecule has 108 valence electrons. The maximum absolute atomic E-state index is 6.20. The Morgan fingerprint density at radius 1 is 1.21 bits per heavy atom. The van der Waals surface area contributed by atoms with Crippen molar-refractivity contribution >= 4 is 11.6 Å². The molecule has 0 aliphatic carbocycles. The molecular formula is C14H22ClNO3. The van der Waals surface area contributed by atoms with Gasteiger partial charge in [0.05, 0.1) is 13.2 Å². The van der Waals surface area contributed by atoms with E-state index in [0.717, 1.165) is 17.9 Å². The van der Waals surface area contributed by atoms with E-state index in [0.29, 0.717) is 38.0 Å². The van der Waals surface area contributed by atoms with E-state index in [1.807, 2.05) is 25.1 Å². The third-order valence-corrected chi connectivity index (χ3v) is 2.90. The highest BCUT2D eigenvalue weighted by molar-refractivity contribution is 6.31. The summed E-state index contributed by atoms with van der Waals surface area (Å²) in [6, 6.07) is 5.67. The van der Waals surface area contributed by atoms with Crippen molar-refractivity contribution in [1.29, 1.82) is 0 Å². The molecule has 1 aromatic carbocycles. The minimum absolute atomic E-state index is 0.527. The molecule has 1 N–H and O–H groups in total. The van der Waals surface area contributed by atoms with Gasteiger partial charge in [0.25, 0.3) is 0 Å². The first-order valence-electron chi connectivity index (χ1n) is 6.47. The molecule has 0 unspecified atom stereocenters. The molecular weight excluding hydrogens is 266 g/mol. The van der Waals surface area contributed by atoms with Crippen LogP contribution in [-0.2, 0) is 16.0 Å². The van der Waals surface area contributed by atoms with Crippen molar-refractivity contribution in [2.24, 2.45) is 0 Å². The zero-order chi connectivity index (χ0) is 13.9. The molecule has 0 heterocycles. The Morgan fingerprint density at radius 2 is 2.05 bits per heavy atom. The van der Waals surface area contributed by atoms with Gasteiger partial charge in [-0.1, -0.05) is 17.7 Å². The average molecular weight is 288 g/mol. The maximum Gasteiger partial charge on any atom is 0.125 e. The summed E-state index contributed by atoms with van der Waals surface area (Å²) in [6.07, 6.45) is 0. The largest absolute Gasteiger partial charge is 0.491 e. The van der Waals surface area contributed by atoms with Gasteiger partial charge in [-0.2, -0.15) is 0 Å². The molecule has 5 heteroatoms. The standard InChI is InChI=1S/C14H22ClNO3/c1-3-18-9-10-19-14-6-4-5-13(15)12(14)11-16-7-8-17-2/h4-6,16H,3,7-11H2,1-2H3. The number of rotatable bonds is 10. The lowest BCUT2D eigenvalue weighted by Crippen LogP contribution is -2.19. The van der Waals surface area contributed by atoms with Crippen LogP contribution in [0, 0.1) is 0 Å². The molecule has 4 nitrogen and oxygen atoms in total. The Bertz CT molecular complexity index is 361. The van der Waals surface area contributed by atoms with E-state index in [4.69, 9.17) is 25.8 Å². The number of hydrogen-bond acceptors (Lipinski definition) is 4. The maximum atomic E-state index is 6.20. The zero-order valence-electron chi connectivity index (χ0n) is 11.6. The summed E-state index contributed by atoms with van der Waals surface area (Å²) in [6.45, 7) is 5.88. The van der Waals surface area contributed by atoms with Crippen LogP contribution >= 0.6 is 11.6 Å². The normalized spacial score (nSPS) is 10.7. The fourth-order valence-electron chi connectivity index (χ4n) is 1.59. The molecule has 0 amide bonds. The highest BCUT2D eigenvalue weighted by atomic mass is 35.5. The Balaban J connectivity index is 2.51. The summed E-state index contributed by atoms with van der Waals surface area (Å²) in [5, 5.41) is 3.97. The molecule has 0 saturated heterocycles. The summed E-state index contributed by atoms with van der Waals surface area (Å²) in [5.74, 6) is 0.803. The molecule has 19 heavy (non-hydrogen) atoms. The Hall–Kier alpha value is -0.810. The van der Waals surface area contributed by atoms with Crippen LogP contribution in [0.25, 0.3) is 0 Å². The number of hydrogen-bond donors (Lipinski definition) is 1. The van der Waals surface area contributed by atoms with E-state index in [2.05, 4.69) is 5.32 Å². The van der Waals surface area contributed by atoms with Crippen LogP contribution in [0.2, 0.25) is 5.02 Å². The first-order valence-corrected chi connectivity index (χ1v) is 6.85. The van der Waals surface area contributed by atoms with Crippen molar-refractivity contribution in [2.75, 3.05) is 40.1 Å². The second-order valence-electron chi connectivity index (χ2n) is 3.93. The van der Waals surface area contributed by atoms with Crippen LogP contribution in [0.4, 0.5) is 0 Å². The molecule has 1 rings (SSSR count). The first kappa shape index (κ1) is 16.2. The van der Waals surface area contributed by atoms with E-state index < -0.39 is 0 Å². The Morgan fingerprint density at radius 3 is 2.79 bits per heavy atom. The second-order valence-corrected chi connectivity index (χ2v) is 4.34. The van der Waals surface area contributed by atoms with E-state index in [-0.39, 0.29) is 0 Å². The Kier molecular flexibility index (Phi) is 8.58. The Labute approximate surface area is 120 Å². The molecule has 1 aromatic rings.